The largest absolute Gasteiger partial charge is 0.461 e. The number of ether oxygens (including phenoxy) is 1. The molecular weight excluding hydrogens is 226 g/mol. The van der Waals surface area contributed by atoms with E-state index in [0.717, 1.165) is 12.8 Å². The van der Waals surface area contributed by atoms with Gasteiger partial charge in [-0.05, 0) is 13.3 Å². The molecule has 0 saturated carbocycles. The number of hydrogen-bond acceptors (Lipinski definition) is 5. The Morgan fingerprint density at radius 2 is 2.19 bits per heavy atom. The number of nitrogens with zero attached hydrogens (tertiary/aromatic N) is 1. The third-order valence-electron chi connectivity index (χ3n) is 1.98. The van der Waals surface area contributed by atoms with Crippen molar-refractivity contribution in [3.05, 3.63) is 16.1 Å². The highest BCUT2D eigenvalue weighted by molar-refractivity contribution is 7.11. The zero-order valence-corrected chi connectivity index (χ0v) is 10.3. The van der Waals surface area contributed by atoms with Gasteiger partial charge in [-0.3, -0.25) is 4.79 Å². The number of carbonyl (C=O) groups excluding carboxylic acids is 2. The van der Waals surface area contributed by atoms with Gasteiger partial charge in [0.15, 0.2) is 16.5 Å². The molecule has 0 aliphatic rings. The van der Waals surface area contributed by atoms with Crippen molar-refractivity contribution in [3.63, 3.8) is 0 Å². The number of thiazole rings is 1. The maximum atomic E-state index is 11.6. The van der Waals surface area contributed by atoms with Gasteiger partial charge in [0.2, 0.25) is 0 Å². The van der Waals surface area contributed by atoms with Crippen molar-refractivity contribution < 1.29 is 14.3 Å². The molecule has 0 aliphatic heterocycles. The Bertz CT molecular complexity index is 373. The molecule has 0 saturated heterocycles. The van der Waals surface area contributed by atoms with Crippen LogP contribution in [0, 0.1) is 0 Å². The predicted octanol–water partition coefficient (Wildman–Crippen LogP) is 2.69. The van der Waals surface area contributed by atoms with Crippen molar-refractivity contribution in [2.24, 2.45) is 0 Å². The van der Waals surface area contributed by atoms with E-state index in [1.54, 1.807) is 12.3 Å². The van der Waals surface area contributed by atoms with E-state index in [4.69, 9.17) is 4.74 Å². The number of esters is 1. The average Bonchev–Trinajstić information content (AvgIpc) is 2.75. The smallest absolute Gasteiger partial charge is 0.357 e. The van der Waals surface area contributed by atoms with E-state index in [0.29, 0.717) is 18.0 Å². The van der Waals surface area contributed by atoms with E-state index in [1.165, 1.54) is 11.3 Å². The van der Waals surface area contributed by atoms with E-state index < -0.39 is 5.97 Å². The maximum absolute atomic E-state index is 11.6. The number of ketones is 1. The lowest BCUT2D eigenvalue weighted by Crippen LogP contribution is -2.06. The van der Waals surface area contributed by atoms with Gasteiger partial charge in [0.05, 0.1) is 6.61 Å². The highest BCUT2D eigenvalue weighted by Crippen LogP contribution is 2.14. The van der Waals surface area contributed by atoms with Crippen molar-refractivity contribution in [1.29, 1.82) is 0 Å². The third kappa shape index (κ3) is 3.41. The minimum Gasteiger partial charge on any atom is -0.461 e. The van der Waals surface area contributed by atoms with Crippen LogP contribution >= 0.6 is 11.3 Å². The number of unbranched alkanes of at least 4 members (excludes halogenated alkanes) is 1. The van der Waals surface area contributed by atoms with Crippen molar-refractivity contribution in [1.82, 2.24) is 4.98 Å². The molecule has 0 spiro atoms. The van der Waals surface area contributed by atoms with Crippen LogP contribution in [-0.4, -0.2) is 23.3 Å². The molecular formula is C11H15NO3S. The first-order valence-electron chi connectivity index (χ1n) is 5.34. The van der Waals surface area contributed by atoms with Crippen LogP contribution < -0.4 is 0 Å². The SMILES string of the molecule is CCCCC(=O)c1nc(C(=O)OCC)cs1. The van der Waals surface area contributed by atoms with E-state index in [2.05, 4.69) is 4.98 Å². The second-order valence-corrected chi connectivity index (χ2v) is 4.14. The summed E-state index contributed by atoms with van der Waals surface area (Å²) in [5.41, 5.74) is 0.228. The molecule has 16 heavy (non-hydrogen) atoms. The topological polar surface area (TPSA) is 56.3 Å². The summed E-state index contributed by atoms with van der Waals surface area (Å²) >= 11 is 1.20. The monoisotopic (exact) mass is 241 g/mol. The minimum absolute atomic E-state index is 0.00222. The van der Waals surface area contributed by atoms with Gasteiger partial charge in [0, 0.05) is 11.8 Å². The van der Waals surface area contributed by atoms with Gasteiger partial charge in [0.25, 0.3) is 0 Å². The molecule has 0 bridgehead atoms. The molecule has 1 aromatic heterocycles. The van der Waals surface area contributed by atoms with Crippen LogP contribution in [0.5, 0.6) is 0 Å². The average molecular weight is 241 g/mol. The fourth-order valence-corrected chi connectivity index (χ4v) is 1.90. The van der Waals surface area contributed by atoms with Crippen molar-refractivity contribution in [2.75, 3.05) is 6.61 Å². The van der Waals surface area contributed by atoms with Gasteiger partial charge in [0.1, 0.15) is 0 Å². The van der Waals surface area contributed by atoms with E-state index in [-0.39, 0.29) is 11.5 Å². The summed E-state index contributed by atoms with van der Waals surface area (Å²) in [6, 6.07) is 0. The Hall–Kier alpha value is -1.23. The van der Waals surface area contributed by atoms with Gasteiger partial charge in [-0.25, -0.2) is 9.78 Å². The first kappa shape index (κ1) is 12.8. The fourth-order valence-electron chi connectivity index (χ4n) is 1.14. The van der Waals surface area contributed by atoms with Gasteiger partial charge < -0.3 is 4.74 Å². The van der Waals surface area contributed by atoms with Crippen LogP contribution in [0.2, 0.25) is 0 Å². The van der Waals surface area contributed by atoms with Crippen LogP contribution in [0.15, 0.2) is 5.38 Å². The summed E-state index contributed by atoms with van der Waals surface area (Å²) < 4.78 is 4.80. The number of hydrogen-bond donors (Lipinski definition) is 0. The maximum Gasteiger partial charge on any atom is 0.357 e. The molecule has 0 radical (unpaired) electrons. The van der Waals surface area contributed by atoms with Crippen LogP contribution in [0.4, 0.5) is 0 Å². The number of carbonyl (C=O) groups is 2. The molecule has 5 heteroatoms. The zero-order valence-electron chi connectivity index (χ0n) is 9.49. The van der Waals surface area contributed by atoms with E-state index in [9.17, 15) is 9.59 Å². The normalized spacial score (nSPS) is 10.1. The van der Waals surface area contributed by atoms with Crippen LogP contribution in [0.25, 0.3) is 0 Å². The van der Waals surface area contributed by atoms with Crippen LogP contribution in [0.1, 0.15) is 53.4 Å². The Labute approximate surface area is 98.6 Å². The van der Waals surface area contributed by atoms with Gasteiger partial charge in [-0.1, -0.05) is 13.3 Å². The van der Waals surface area contributed by atoms with Gasteiger partial charge in [-0.2, -0.15) is 0 Å². The lowest BCUT2D eigenvalue weighted by Gasteiger charge is -1.96. The molecule has 0 amide bonds. The molecule has 0 atom stereocenters. The number of aromatic nitrogens is 1. The molecule has 0 N–H and O–H groups in total. The highest BCUT2D eigenvalue weighted by atomic mass is 32.1. The summed E-state index contributed by atoms with van der Waals surface area (Å²) in [5, 5.41) is 1.97. The summed E-state index contributed by atoms with van der Waals surface area (Å²) in [6.45, 7) is 4.08. The molecule has 1 aromatic rings. The summed E-state index contributed by atoms with van der Waals surface area (Å²) in [6.07, 6.45) is 2.32. The Balaban J connectivity index is 2.63. The summed E-state index contributed by atoms with van der Waals surface area (Å²) in [4.78, 5) is 26.9. The first-order valence-corrected chi connectivity index (χ1v) is 6.22. The first-order chi connectivity index (χ1) is 7.69. The summed E-state index contributed by atoms with van der Waals surface area (Å²) in [5.74, 6) is -0.462. The highest BCUT2D eigenvalue weighted by Gasteiger charge is 2.15. The molecule has 4 nitrogen and oxygen atoms in total. The molecule has 88 valence electrons. The molecule has 0 aliphatic carbocycles. The van der Waals surface area contributed by atoms with Gasteiger partial charge >= 0.3 is 5.97 Å². The number of Topliss-reactive ketones (excluding diaryl/α,β-unsaturated/α-hetero) is 1. The molecule has 0 unspecified atom stereocenters. The molecule has 1 heterocycles. The van der Waals surface area contributed by atoms with Crippen molar-refractivity contribution in [3.8, 4) is 0 Å². The predicted molar refractivity (Wildman–Crippen MR) is 61.9 cm³/mol. The third-order valence-corrected chi connectivity index (χ3v) is 2.87. The quantitative estimate of drug-likeness (QED) is 0.567. The van der Waals surface area contributed by atoms with Crippen molar-refractivity contribution >= 4 is 23.1 Å². The van der Waals surface area contributed by atoms with E-state index in [1.807, 2.05) is 6.92 Å². The number of rotatable bonds is 6. The van der Waals surface area contributed by atoms with Crippen molar-refractivity contribution in [2.45, 2.75) is 33.1 Å². The zero-order chi connectivity index (χ0) is 12.0. The Kier molecular flexibility index (Phi) is 5.11. The van der Waals surface area contributed by atoms with Crippen LogP contribution in [-0.2, 0) is 4.74 Å². The van der Waals surface area contributed by atoms with Crippen LogP contribution in [0.3, 0.4) is 0 Å². The Morgan fingerprint density at radius 1 is 1.44 bits per heavy atom. The molecule has 0 fully saturated rings. The second kappa shape index (κ2) is 6.37. The minimum atomic E-state index is -0.465. The summed E-state index contributed by atoms with van der Waals surface area (Å²) in [7, 11) is 0. The lowest BCUT2D eigenvalue weighted by molar-refractivity contribution is 0.0520. The molecule has 0 aromatic carbocycles. The lowest BCUT2D eigenvalue weighted by atomic mass is 10.2. The molecule has 1 rings (SSSR count). The van der Waals surface area contributed by atoms with Gasteiger partial charge in [-0.15, -0.1) is 11.3 Å². The Morgan fingerprint density at radius 3 is 2.81 bits per heavy atom. The fraction of sp³-hybridized carbons (Fsp3) is 0.545. The standard InChI is InChI=1S/C11H15NO3S/c1-3-5-6-9(13)10-12-8(7-16-10)11(14)15-4-2/h7H,3-6H2,1-2H3. The second-order valence-electron chi connectivity index (χ2n) is 3.29. The van der Waals surface area contributed by atoms with E-state index >= 15 is 0 Å².